The zero-order valence-corrected chi connectivity index (χ0v) is 21.6. The number of methoxy groups -OCH3 is 1. The third-order valence-electron chi connectivity index (χ3n) is 6.65. The second kappa shape index (κ2) is 8.97. The van der Waals surface area contributed by atoms with Gasteiger partial charge in [-0.25, -0.2) is 15.0 Å². The van der Waals surface area contributed by atoms with Crippen LogP contribution in [-0.4, -0.2) is 33.5 Å². The fourth-order valence-corrected chi connectivity index (χ4v) is 5.81. The molecule has 5 aromatic rings. The third-order valence-corrected chi connectivity index (χ3v) is 7.57. The first-order valence-electron chi connectivity index (χ1n) is 12.2. The molecular formula is C29H23N7OS. The number of hydrogen-bond acceptors (Lipinski definition) is 8. The normalized spacial score (nSPS) is 15.6. The van der Waals surface area contributed by atoms with Crippen LogP contribution in [0.5, 0.6) is 5.75 Å². The van der Waals surface area contributed by atoms with Crippen molar-refractivity contribution in [2.24, 2.45) is 9.98 Å². The lowest BCUT2D eigenvalue weighted by Gasteiger charge is -2.40. The molecule has 0 saturated heterocycles. The molecule has 0 spiro atoms. The number of rotatable bonds is 4. The van der Waals surface area contributed by atoms with Crippen molar-refractivity contribution in [2.75, 3.05) is 17.3 Å². The van der Waals surface area contributed by atoms with Gasteiger partial charge in [-0.1, -0.05) is 30.3 Å². The van der Waals surface area contributed by atoms with Crippen molar-refractivity contribution in [1.29, 1.82) is 0 Å². The smallest absolute Gasteiger partial charge is 0.179 e. The minimum absolute atomic E-state index is 0.131. The van der Waals surface area contributed by atoms with Gasteiger partial charge in [0.15, 0.2) is 23.3 Å². The molecule has 8 nitrogen and oxygen atoms in total. The van der Waals surface area contributed by atoms with Gasteiger partial charge in [-0.3, -0.25) is 0 Å². The predicted octanol–water partition coefficient (Wildman–Crippen LogP) is 6.44. The average Bonchev–Trinajstić information content (AvgIpc) is 3.61. The van der Waals surface area contributed by atoms with Crippen molar-refractivity contribution in [3.63, 3.8) is 0 Å². The molecule has 3 aromatic heterocycles. The van der Waals surface area contributed by atoms with Gasteiger partial charge in [0, 0.05) is 28.4 Å². The molecule has 38 heavy (non-hydrogen) atoms. The molecule has 1 atom stereocenters. The van der Waals surface area contributed by atoms with Gasteiger partial charge in [-0.2, -0.15) is 9.78 Å². The van der Waals surface area contributed by atoms with E-state index in [4.69, 9.17) is 19.8 Å². The van der Waals surface area contributed by atoms with Crippen LogP contribution in [0.25, 0.3) is 5.82 Å². The predicted molar refractivity (Wildman–Crippen MR) is 152 cm³/mol. The summed E-state index contributed by atoms with van der Waals surface area (Å²) < 4.78 is 7.28. The maximum Gasteiger partial charge on any atom is 0.179 e. The molecule has 0 radical (unpaired) electrons. The lowest BCUT2D eigenvalue weighted by molar-refractivity contribution is 0.415. The Morgan fingerprint density at radius 1 is 0.947 bits per heavy atom. The Kier molecular flexibility index (Phi) is 5.29. The number of thiophene rings is 1. The number of aliphatic imine (C=N–C) groups is 2. The number of ether oxygens (including phenoxy) is 1. The SMILES string of the molecule is COc1cccc(NC2=Nc3ccccc3N3C2=Nc2c(c(C)nn2-c2ccccn2)[C@@H]3c2cccs2)c1. The van der Waals surface area contributed by atoms with Gasteiger partial charge in [0.25, 0.3) is 0 Å². The largest absolute Gasteiger partial charge is 0.497 e. The number of nitrogens with one attached hydrogen (secondary N) is 1. The van der Waals surface area contributed by atoms with Crippen LogP contribution in [-0.2, 0) is 0 Å². The van der Waals surface area contributed by atoms with E-state index >= 15 is 0 Å². The Labute approximate surface area is 223 Å². The maximum absolute atomic E-state index is 5.45. The zero-order chi connectivity index (χ0) is 25.6. The number of benzene rings is 2. The van der Waals surface area contributed by atoms with Crippen molar-refractivity contribution in [3.05, 3.63) is 107 Å². The molecule has 186 valence electrons. The van der Waals surface area contributed by atoms with E-state index in [2.05, 4.69) is 38.8 Å². The Hall–Kier alpha value is -4.76. The Bertz CT molecular complexity index is 1710. The highest BCUT2D eigenvalue weighted by Crippen LogP contribution is 2.49. The highest BCUT2D eigenvalue weighted by atomic mass is 32.1. The summed E-state index contributed by atoms with van der Waals surface area (Å²) >= 11 is 1.72. The molecular weight excluding hydrogens is 494 g/mol. The highest BCUT2D eigenvalue weighted by Gasteiger charge is 2.41. The Balaban J connectivity index is 1.48. The second-order valence-electron chi connectivity index (χ2n) is 8.95. The fourth-order valence-electron chi connectivity index (χ4n) is 4.99. The van der Waals surface area contributed by atoms with Gasteiger partial charge in [0.05, 0.1) is 24.2 Å². The fraction of sp³-hybridized carbons (Fsp3) is 0.103. The van der Waals surface area contributed by atoms with Crippen molar-refractivity contribution in [3.8, 4) is 11.6 Å². The van der Waals surface area contributed by atoms with Crippen molar-refractivity contribution in [2.45, 2.75) is 13.0 Å². The molecule has 1 N–H and O–H groups in total. The molecule has 2 aromatic carbocycles. The Morgan fingerprint density at radius 2 is 1.84 bits per heavy atom. The van der Waals surface area contributed by atoms with Crippen molar-refractivity contribution < 1.29 is 4.74 Å². The first-order valence-corrected chi connectivity index (χ1v) is 13.1. The lowest BCUT2D eigenvalue weighted by Crippen LogP contribution is -2.46. The van der Waals surface area contributed by atoms with Crippen LogP contribution >= 0.6 is 11.3 Å². The number of aryl methyl sites for hydroxylation is 1. The number of pyridine rings is 1. The molecule has 0 unspecified atom stereocenters. The number of fused-ring (bicyclic) bond motifs is 4. The second-order valence-corrected chi connectivity index (χ2v) is 9.93. The van der Waals surface area contributed by atoms with E-state index in [1.165, 1.54) is 4.88 Å². The van der Waals surface area contributed by atoms with Crippen LogP contribution in [0.4, 0.5) is 22.9 Å². The van der Waals surface area contributed by atoms with Gasteiger partial charge in [-0.05, 0) is 54.8 Å². The first kappa shape index (κ1) is 22.4. The average molecular weight is 518 g/mol. The summed E-state index contributed by atoms with van der Waals surface area (Å²) in [5, 5.41) is 10.5. The van der Waals surface area contributed by atoms with Crippen LogP contribution in [0.2, 0.25) is 0 Å². The van der Waals surface area contributed by atoms with Crippen molar-refractivity contribution in [1.82, 2.24) is 14.8 Å². The summed E-state index contributed by atoms with van der Waals surface area (Å²) in [5.74, 6) is 3.60. The minimum atomic E-state index is -0.131. The van der Waals surface area contributed by atoms with E-state index in [9.17, 15) is 0 Å². The van der Waals surface area contributed by atoms with Crippen LogP contribution in [0, 0.1) is 6.92 Å². The zero-order valence-electron chi connectivity index (χ0n) is 20.7. The Morgan fingerprint density at radius 3 is 2.66 bits per heavy atom. The van der Waals surface area contributed by atoms with E-state index in [0.717, 1.165) is 51.5 Å². The van der Waals surface area contributed by atoms with Gasteiger partial charge in [-0.15, -0.1) is 11.3 Å². The van der Waals surface area contributed by atoms with E-state index in [1.54, 1.807) is 24.6 Å². The van der Waals surface area contributed by atoms with Crippen molar-refractivity contribution >= 4 is 45.9 Å². The highest BCUT2D eigenvalue weighted by molar-refractivity contribution is 7.10. The molecule has 9 heteroatoms. The monoisotopic (exact) mass is 517 g/mol. The molecule has 0 bridgehead atoms. The number of amidine groups is 2. The van der Waals surface area contributed by atoms with E-state index in [0.29, 0.717) is 5.84 Å². The molecule has 5 heterocycles. The van der Waals surface area contributed by atoms with Gasteiger partial charge in [0.1, 0.15) is 11.8 Å². The third kappa shape index (κ3) is 3.59. The van der Waals surface area contributed by atoms with Gasteiger partial charge >= 0.3 is 0 Å². The molecule has 0 saturated carbocycles. The molecule has 0 fully saturated rings. The summed E-state index contributed by atoms with van der Waals surface area (Å²) in [4.78, 5) is 18.3. The van der Waals surface area contributed by atoms with Gasteiger partial charge < -0.3 is 15.0 Å². The summed E-state index contributed by atoms with van der Waals surface area (Å²) in [6.07, 6.45) is 1.77. The molecule has 2 aliphatic heterocycles. The summed E-state index contributed by atoms with van der Waals surface area (Å²) in [6, 6.07) is 25.9. The van der Waals surface area contributed by atoms with E-state index in [1.807, 2.05) is 72.3 Å². The molecule has 0 amide bonds. The summed E-state index contributed by atoms with van der Waals surface area (Å²) in [7, 11) is 1.66. The molecule has 2 aliphatic rings. The molecule has 0 aliphatic carbocycles. The summed E-state index contributed by atoms with van der Waals surface area (Å²) in [6.45, 7) is 2.04. The molecule has 7 rings (SSSR count). The standard InChI is InChI=1S/C29H23N7OS/c1-18-25-26(23-13-8-16-38-23)35-22-12-4-3-11-21(22)32-27(31-19-9-7-10-20(17-19)37-2)29(35)33-28(25)36(34-18)24-14-5-6-15-30-24/h3-17,26H,1-2H3,(H,31,32)/t26-/m0/s1. The number of hydrogen-bond donors (Lipinski definition) is 1. The van der Waals surface area contributed by atoms with Crippen LogP contribution < -0.4 is 15.0 Å². The number of anilines is 2. The first-order chi connectivity index (χ1) is 18.7. The maximum atomic E-state index is 5.45. The quantitative estimate of drug-likeness (QED) is 0.297. The van der Waals surface area contributed by atoms with E-state index in [-0.39, 0.29) is 6.04 Å². The number of aromatic nitrogens is 3. The summed E-state index contributed by atoms with van der Waals surface area (Å²) in [5.41, 5.74) is 4.69. The number of para-hydroxylation sites is 2. The van der Waals surface area contributed by atoms with E-state index < -0.39 is 0 Å². The van der Waals surface area contributed by atoms with Crippen LogP contribution in [0.1, 0.15) is 22.2 Å². The van der Waals surface area contributed by atoms with Crippen LogP contribution in [0.3, 0.4) is 0 Å². The van der Waals surface area contributed by atoms with Crippen LogP contribution in [0.15, 0.2) is 100 Å². The lowest BCUT2D eigenvalue weighted by atomic mass is 9.98. The van der Waals surface area contributed by atoms with Gasteiger partial charge in [0.2, 0.25) is 0 Å². The topological polar surface area (TPSA) is 79.9 Å². The number of nitrogens with zero attached hydrogens (tertiary/aromatic N) is 6. The minimum Gasteiger partial charge on any atom is -0.497 e.